The minimum absolute atomic E-state index is 0.375. The third-order valence-electron chi connectivity index (χ3n) is 2.64. The first-order chi connectivity index (χ1) is 8.04. The highest BCUT2D eigenvalue weighted by Gasteiger charge is 2.14. The predicted molar refractivity (Wildman–Crippen MR) is 75.3 cm³/mol. The lowest BCUT2D eigenvalue weighted by molar-refractivity contribution is 0.856. The summed E-state index contributed by atoms with van der Waals surface area (Å²) in [6.07, 6.45) is 0. The molecular weight excluding hydrogens is 323 g/mol. The average Bonchev–Trinajstić information content (AvgIpc) is 2.54. The van der Waals surface area contributed by atoms with E-state index in [2.05, 4.69) is 21.0 Å². The summed E-state index contributed by atoms with van der Waals surface area (Å²) in [7, 11) is 0. The molecule has 0 saturated carbocycles. The first-order valence-electron chi connectivity index (χ1n) is 5.11. The number of aromatic nitrogens is 2. The van der Waals surface area contributed by atoms with Gasteiger partial charge in [0.1, 0.15) is 5.15 Å². The summed E-state index contributed by atoms with van der Waals surface area (Å²) in [5, 5.41) is 5.01. The molecule has 0 amide bonds. The van der Waals surface area contributed by atoms with Crippen molar-refractivity contribution < 1.29 is 0 Å². The molecule has 0 aliphatic rings. The molecular formula is C12H11BrCl2N2. The van der Waals surface area contributed by atoms with Gasteiger partial charge in [-0.2, -0.15) is 5.10 Å². The second-order valence-corrected chi connectivity index (χ2v) is 5.37. The van der Waals surface area contributed by atoms with Crippen molar-refractivity contribution in [2.75, 3.05) is 0 Å². The van der Waals surface area contributed by atoms with Crippen LogP contribution in [0, 0.1) is 13.8 Å². The Hall–Kier alpha value is -0.510. The van der Waals surface area contributed by atoms with Gasteiger partial charge >= 0.3 is 0 Å². The van der Waals surface area contributed by atoms with E-state index in [-0.39, 0.29) is 0 Å². The molecule has 0 radical (unpaired) electrons. The maximum atomic E-state index is 6.28. The lowest BCUT2D eigenvalue weighted by atomic mass is 10.2. The maximum absolute atomic E-state index is 6.28. The molecule has 0 unspecified atom stereocenters. The van der Waals surface area contributed by atoms with Gasteiger partial charge in [0.05, 0.1) is 17.3 Å². The van der Waals surface area contributed by atoms with E-state index in [1.54, 1.807) is 4.68 Å². The lowest BCUT2D eigenvalue weighted by Crippen LogP contribution is -1.99. The van der Waals surface area contributed by atoms with Crippen LogP contribution in [-0.2, 0) is 5.88 Å². The first kappa shape index (κ1) is 12.9. The zero-order valence-corrected chi connectivity index (χ0v) is 12.6. The third kappa shape index (κ3) is 2.37. The predicted octanol–water partition coefficient (Wildman–Crippen LogP) is 4.64. The van der Waals surface area contributed by atoms with Crippen molar-refractivity contribution in [1.82, 2.24) is 9.78 Å². The molecule has 0 fully saturated rings. The second-order valence-electron chi connectivity index (χ2n) is 3.83. The van der Waals surface area contributed by atoms with E-state index in [0.29, 0.717) is 11.0 Å². The van der Waals surface area contributed by atoms with E-state index < -0.39 is 0 Å². The van der Waals surface area contributed by atoms with E-state index in [4.69, 9.17) is 23.2 Å². The van der Waals surface area contributed by atoms with Crippen LogP contribution in [0.25, 0.3) is 5.69 Å². The van der Waals surface area contributed by atoms with E-state index >= 15 is 0 Å². The van der Waals surface area contributed by atoms with Crippen LogP contribution in [0.2, 0.25) is 5.15 Å². The van der Waals surface area contributed by atoms with Crippen molar-refractivity contribution in [1.29, 1.82) is 0 Å². The molecule has 0 aliphatic carbocycles. The van der Waals surface area contributed by atoms with Crippen LogP contribution < -0.4 is 0 Å². The van der Waals surface area contributed by atoms with Crippen LogP contribution in [0.15, 0.2) is 22.7 Å². The number of benzene rings is 1. The molecule has 0 spiro atoms. The molecule has 0 aliphatic heterocycles. The second kappa shape index (κ2) is 5.01. The summed E-state index contributed by atoms with van der Waals surface area (Å²) in [5.41, 5.74) is 3.82. The van der Waals surface area contributed by atoms with Gasteiger partial charge in [0, 0.05) is 10.0 Å². The zero-order valence-electron chi connectivity index (χ0n) is 9.47. The molecule has 2 nitrogen and oxygen atoms in total. The first-order valence-corrected chi connectivity index (χ1v) is 6.81. The molecule has 1 aromatic carbocycles. The number of hydrogen-bond acceptors (Lipinski definition) is 1. The van der Waals surface area contributed by atoms with Crippen LogP contribution >= 0.6 is 39.1 Å². The molecule has 1 aromatic heterocycles. The van der Waals surface area contributed by atoms with Gasteiger partial charge in [0.25, 0.3) is 0 Å². The molecule has 1 heterocycles. The molecule has 17 heavy (non-hydrogen) atoms. The highest BCUT2D eigenvalue weighted by atomic mass is 79.9. The van der Waals surface area contributed by atoms with Crippen molar-refractivity contribution in [2.24, 2.45) is 0 Å². The third-order valence-corrected chi connectivity index (χ3v) is 3.79. The summed E-state index contributed by atoms with van der Waals surface area (Å²) < 4.78 is 2.77. The van der Waals surface area contributed by atoms with Crippen LogP contribution in [0.5, 0.6) is 0 Å². The highest BCUT2D eigenvalue weighted by Crippen LogP contribution is 2.27. The minimum atomic E-state index is 0.375. The topological polar surface area (TPSA) is 17.8 Å². The van der Waals surface area contributed by atoms with E-state index in [9.17, 15) is 0 Å². The normalized spacial score (nSPS) is 10.9. The molecule has 2 rings (SSSR count). The van der Waals surface area contributed by atoms with Crippen LogP contribution in [0.1, 0.15) is 16.8 Å². The van der Waals surface area contributed by atoms with Gasteiger partial charge in [-0.3, -0.25) is 0 Å². The number of rotatable bonds is 2. The fraction of sp³-hybridized carbons (Fsp3) is 0.250. The molecule has 0 N–H and O–H groups in total. The summed E-state index contributed by atoms with van der Waals surface area (Å²) >= 11 is 15.6. The van der Waals surface area contributed by atoms with Gasteiger partial charge in [-0.05, 0) is 37.6 Å². The van der Waals surface area contributed by atoms with Gasteiger partial charge in [0.2, 0.25) is 0 Å². The molecule has 5 heteroatoms. The molecule has 2 aromatic rings. The molecule has 0 atom stereocenters. The monoisotopic (exact) mass is 332 g/mol. The Kier molecular flexibility index (Phi) is 3.81. The van der Waals surface area contributed by atoms with Gasteiger partial charge in [-0.15, -0.1) is 11.6 Å². The van der Waals surface area contributed by atoms with Crippen molar-refractivity contribution in [2.45, 2.75) is 19.7 Å². The molecule has 0 bridgehead atoms. The molecule has 0 saturated heterocycles. The number of nitrogens with zero attached hydrogens (tertiary/aromatic N) is 2. The van der Waals surface area contributed by atoms with Crippen molar-refractivity contribution in [3.05, 3.63) is 44.6 Å². The zero-order chi connectivity index (χ0) is 12.6. The quantitative estimate of drug-likeness (QED) is 0.732. The molecule has 90 valence electrons. The van der Waals surface area contributed by atoms with E-state index in [1.165, 1.54) is 0 Å². The SMILES string of the molecule is Cc1cc(Br)ccc1-n1nc(C)c(CCl)c1Cl. The Bertz CT molecular complexity index is 564. The van der Waals surface area contributed by atoms with Crippen LogP contribution in [0.3, 0.4) is 0 Å². The maximum Gasteiger partial charge on any atom is 0.137 e. The fourth-order valence-electron chi connectivity index (χ4n) is 1.70. The van der Waals surface area contributed by atoms with Crippen molar-refractivity contribution in [3.63, 3.8) is 0 Å². The van der Waals surface area contributed by atoms with Gasteiger partial charge in [0.15, 0.2) is 0 Å². The summed E-state index contributed by atoms with van der Waals surface area (Å²) in [6.45, 7) is 3.93. The fourth-order valence-corrected chi connectivity index (χ4v) is 2.90. The highest BCUT2D eigenvalue weighted by molar-refractivity contribution is 9.10. The Labute approximate surface area is 119 Å². The lowest BCUT2D eigenvalue weighted by Gasteiger charge is -2.07. The van der Waals surface area contributed by atoms with E-state index in [0.717, 1.165) is 27.0 Å². The van der Waals surface area contributed by atoms with Gasteiger partial charge in [-0.1, -0.05) is 27.5 Å². The summed E-state index contributed by atoms with van der Waals surface area (Å²) in [4.78, 5) is 0. The van der Waals surface area contributed by atoms with Gasteiger partial charge < -0.3 is 0 Å². The van der Waals surface area contributed by atoms with Crippen molar-refractivity contribution >= 4 is 39.1 Å². The Morgan fingerprint density at radius 2 is 2.06 bits per heavy atom. The minimum Gasteiger partial charge on any atom is -0.221 e. The number of alkyl halides is 1. The van der Waals surface area contributed by atoms with Crippen molar-refractivity contribution in [3.8, 4) is 5.69 Å². The number of aryl methyl sites for hydroxylation is 2. The van der Waals surface area contributed by atoms with Crippen LogP contribution in [0.4, 0.5) is 0 Å². The average molecular weight is 334 g/mol. The Morgan fingerprint density at radius 3 is 2.59 bits per heavy atom. The standard InChI is InChI=1S/C12H11BrCl2N2/c1-7-5-9(13)3-4-11(7)17-12(15)10(6-14)8(2)16-17/h3-5H,6H2,1-2H3. The Morgan fingerprint density at radius 1 is 1.35 bits per heavy atom. The van der Waals surface area contributed by atoms with Crippen LogP contribution in [-0.4, -0.2) is 9.78 Å². The largest absolute Gasteiger partial charge is 0.221 e. The summed E-state index contributed by atoms with van der Waals surface area (Å²) in [6, 6.07) is 5.98. The summed E-state index contributed by atoms with van der Waals surface area (Å²) in [5.74, 6) is 0.375. The number of hydrogen-bond donors (Lipinski definition) is 0. The van der Waals surface area contributed by atoms with E-state index in [1.807, 2.05) is 32.0 Å². The van der Waals surface area contributed by atoms with Gasteiger partial charge in [-0.25, -0.2) is 4.68 Å². The smallest absolute Gasteiger partial charge is 0.137 e. The number of halogens is 3. The Balaban J connectivity index is 2.61.